The molecule has 0 aliphatic heterocycles. The minimum absolute atomic E-state index is 0. The summed E-state index contributed by atoms with van der Waals surface area (Å²) in [6, 6.07) is 0. The number of unbranched alkanes of at least 4 members (excludes halogenated alkanes) is 42. The molecular formula is C54H108O6Zn4. The largest absolute Gasteiger partial charge is 0.481 e. The van der Waals surface area contributed by atoms with Crippen LogP contribution in [0.5, 0.6) is 0 Å². The molecule has 0 rings (SSSR count). The summed E-state index contributed by atoms with van der Waals surface area (Å²) < 4.78 is 0. The number of carboxylic acid groups (broad SMARTS) is 3. The van der Waals surface area contributed by atoms with Crippen molar-refractivity contribution in [3.8, 4) is 0 Å². The molecule has 0 aliphatic rings. The van der Waals surface area contributed by atoms with Gasteiger partial charge in [0.25, 0.3) is 0 Å². The molecule has 64 heavy (non-hydrogen) atoms. The molecule has 0 aromatic rings. The fourth-order valence-corrected chi connectivity index (χ4v) is 7.94. The smallest absolute Gasteiger partial charge is 0.303 e. The van der Waals surface area contributed by atoms with Crippen molar-refractivity contribution >= 4 is 17.9 Å². The average molecular weight is 1120 g/mol. The number of rotatable bonds is 48. The first-order chi connectivity index (χ1) is 29.3. The second kappa shape index (κ2) is 75.4. The Morgan fingerprint density at radius 2 is 0.297 bits per heavy atom. The number of hydrogen-bond acceptors (Lipinski definition) is 3. The Morgan fingerprint density at radius 3 is 0.391 bits per heavy atom. The molecule has 6 nitrogen and oxygen atoms in total. The van der Waals surface area contributed by atoms with Gasteiger partial charge in [-0.2, -0.15) is 0 Å². The topological polar surface area (TPSA) is 112 Å². The maximum atomic E-state index is 10.3. The summed E-state index contributed by atoms with van der Waals surface area (Å²) in [4.78, 5) is 31.0. The van der Waals surface area contributed by atoms with E-state index < -0.39 is 17.9 Å². The van der Waals surface area contributed by atoms with Gasteiger partial charge in [-0.05, 0) is 19.3 Å². The van der Waals surface area contributed by atoms with Crippen molar-refractivity contribution in [1.82, 2.24) is 0 Å². The van der Waals surface area contributed by atoms with Gasteiger partial charge in [-0.15, -0.1) is 0 Å². The quantitative estimate of drug-likeness (QED) is 0.0413. The predicted octanol–water partition coefficient (Wildman–Crippen LogP) is 19.0. The third-order valence-electron chi connectivity index (χ3n) is 12.0. The number of hydrogen-bond donors (Lipinski definition) is 3. The molecule has 0 radical (unpaired) electrons. The van der Waals surface area contributed by atoms with Crippen molar-refractivity contribution in [2.24, 2.45) is 0 Å². The zero-order valence-corrected chi connectivity index (χ0v) is 55.7. The predicted molar refractivity (Wildman–Crippen MR) is 262 cm³/mol. The molecule has 10 heteroatoms. The molecule has 0 spiro atoms. The molecule has 368 valence electrons. The van der Waals surface area contributed by atoms with Crippen molar-refractivity contribution in [2.45, 2.75) is 329 Å². The first kappa shape index (κ1) is 79.1. The van der Waals surface area contributed by atoms with Crippen LogP contribution in [0.2, 0.25) is 0 Å². The van der Waals surface area contributed by atoms with Crippen LogP contribution in [-0.4, -0.2) is 33.2 Å². The Kier molecular flexibility index (Phi) is 93.2. The third kappa shape index (κ3) is 89.5. The zero-order valence-electron chi connectivity index (χ0n) is 43.8. The molecule has 0 aliphatic carbocycles. The van der Waals surface area contributed by atoms with E-state index in [0.717, 1.165) is 38.5 Å². The standard InChI is InChI=1S/3C18H36O2.4Zn/c3*1-2-3-4-5-6-7-8-9-10-11-12-13-14-15-16-17-18(19)20;;;;/h3*2-17H2,1H3,(H,19,20);;;;. The van der Waals surface area contributed by atoms with Crippen LogP contribution in [0, 0.1) is 0 Å². The summed E-state index contributed by atoms with van der Waals surface area (Å²) in [6.07, 6.45) is 60.6. The monoisotopic (exact) mass is 1110 g/mol. The van der Waals surface area contributed by atoms with Crippen molar-refractivity contribution in [3.05, 3.63) is 0 Å². The fraction of sp³-hybridized carbons (Fsp3) is 0.944. The van der Waals surface area contributed by atoms with E-state index in [4.69, 9.17) is 15.3 Å². The molecule has 0 heterocycles. The van der Waals surface area contributed by atoms with Gasteiger partial charge >= 0.3 is 17.9 Å². The minimum Gasteiger partial charge on any atom is -0.481 e. The summed E-state index contributed by atoms with van der Waals surface area (Å²) >= 11 is 0. The molecule has 3 N–H and O–H groups in total. The maximum Gasteiger partial charge on any atom is 0.303 e. The normalized spacial score (nSPS) is 10.2. The Labute approximate surface area is 450 Å². The van der Waals surface area contributed by atoms with Gasteiger partial charge in [-0.25, -0.2) is 0 Å². The Bertz CT molecular complexity index is 731. The van der Waals surface area contributed by atoms with Gasteiger partial charge in [0.15, 0.2) is 0 Å². The van der Waals surface area contributed by atoms with Crippen LogP contribution < -0.4 is 0 Å². The zero-order chi connectivity index (χ0) is 44.7. The number of carbonyl (C=O) groups is 3. The van der Waals surface area contributed by atoms with E-state index in [2.05, 4.69) is 20.8 Å². The summed E-state index contributed by atoms with van der Waals surface area (Å²) in [5.41, 5.74) is 0. The van der Waals surface area contributed by atoms with Gasteiger partial charge in [0.1, 0.15) is 0 Å². The van der Waals surface area contributed by atoms with Crippen LogP contribution in [0.1, 0.15) is 329 Å². The van der Waals surface area contributed by atoms with Crippen molar-refractivity contribution < 1.29 is 108 Å². The van der Waals surface area contributed by atoms with Crippen LogP contribution in [0.25, 0.3) is 0 Å². The Hall–Kier alpha value is 0.904. The molecular weight excluding hydrogens is 1010 g/mol. The van der Waals surface area contributed by atoms with Gasteiger partial charge in [0.2, 0.25) is 0 Å². The van der Waals surface area contributed by atoms with Crippen molar-refractivity contribution in [1.29, 1.82) is 0 Å². The Morgan fingerprint density at radius 1 is 0.203 bits per heavy atom. The van der Waals surface area contributed by atoms with Gasteiger partial charge in [0.05, 0.1) is 0 Å². The molecule has 0 saturated heterocycles. The first-order valence-corrected chi connectivity index (χ1v) is 27.0. The van der Waals surface area contributed by atoms with Gasteiger partial charge in [-0.3, -0.25) is 14.4 Å². The van der Waals surface area contributed by atoms with E-state index in [1.54, 1.807) is 0 Å². The summed E-state index contributed by atoms with van der Waals surface area (Å²) in [6.45, 7) is 6.81. The van der Waals surface area contributed by atoms with Crippen LogP contribution in [0.4, 0.5) is 0 Å². The SMILES string of the molecule is CCCCCCCCCCCCCCCCCC(=O)O.CCCCCCCCCCCCCCCCCC(=O)O.CCCCCCCCCCCCCCCCCC(=O)O.[Zn].[Zn].[Zn].[Zn]. The van der Waals surface area contributed by atoms with Gasteiger partial charge in [0, 0.05) is 97.2 Å². The maximum absolute atomic E-state index is 10.3. The molecule has 0 fully saturated rings. The van der Waals surface area contributed by atoms with Crippen molar-refractivity contribution in [3.63, 3.8) is 0 Å². The van der Waals surface area contributed by atoms with E-state index in [0.29, 0.717) is 19.3 Å². The summed E-state index contributed by atoms with van der Waals surface area (Å²) in [5, 5.41) is 25.6. The van der Waals surface area contributed by atoms with E-state index in [1.165, 1.54) is 250 Å². The second-order valence-electron chi connectivity index (χ2n) is 18.3. The molecule has 0 amide bonds. The molecule has 0 bridgehead atoms. The molecule has 0 unspecified atom stereocenters. The number of carboxylic acids is 3. The molecule has 0 atom stereocenters. The van der Waals surface area contributed by atoms with Gasteiger partial charge in [-0.1, -0.05) is 290 Å². The Balaban J connectivity index is -0.000000148. The van der Waals surface area contributed by atoms with E-state index >= 15 is 0 Å². The van der Waals surface area contributed by atoms with Crippen LogP contribution >= 0.6 is 0 Å². The summed E-state index contributed by atoms with van der Waals surface area (Å²) in [7, 11) is 0. The second-order valence-corrected chi connectivity index (χ2v) is 18.3. The minimum atomic E-state index is -0.653. The summed E-state index contributed by atoms with van der Waals surface area (Å²) in [5.74, 6) is -1.96. The van der Waals surface area contributed by atoms with Crippen LogP contribution in [0.15, 0.2) is 0 Å². The fourth-order valence-electron chi connectivity index (χ4n) is 7.94. The first-order valence-electron chi connectivity index (χ1n) is 27.0. The van der Waals surface area contributed by atoms with Crippen LogP contribution in [0.3, 0.4) is 0 Å². The number of aliphatic carboxylic acids is 3. The van der Waals surface area contributed by atoms with E-state index in [1.807, 2.05) is 0 Å². The van der Waals surface area contributed by atoms with E-state index in [9.17, 15) is 14.4 Å². The molecule has 0 saturated carbocycles. The van der Waals surface area contributed by atoms with Gasteiger partial charge < -0.3 is 15.3 Å². The third-order valence-corrected chi connectivity index (χ3v) is 12.0. The average Bonchev–Trinajstić information content (AvgIpc) is 3.22. The van der Waals surface area contributed by atoms with E-state index in [-0.39, 0.29) is 77.9 Å². The molecule has 0 aromatic carbocycles. The molecule has 0 aromatic heterocycles. The van der Waals surface area contributed by atoms with Crippen molar-refractivity contribution in [2.75, 3.05) is 0 Å². The van der Waals surface area contributed by atoms with Crippen LogP contribution in [-0.2, 0) is 92.3 Å².